The first-order valence-electron chi connectivity index (χ1n) is 11.8. The number of hydrogen-bond acceptors (Lipinski definition) is 5. The van der Waals surface area contributed by atoms with Crippen molar-refractivity contribution >= 4 is 68.7 Å². The van der Waals surface area contributed by atoms with Crippen molar-refractivity contribution in [3.63, 3.8) is 0 Å². The van der Waals surface area contributed by atoms with Crippen LogP contribution < -0.4 is 5.32 Å². The second kappa shape index (κ2) is 11.0. The van der Waals surface area contributed by atoms with Gasteiger partial charge in [-0.1, -0.05) is 61.0 Å². The van der Waals surface area contributed by atoms with E-state index in [1.807, 2.05) is 58.6 Å². The summed E-state index contributed by atoms with van der Waals surface area (Å²) in [5.41, 5.74) is 3.57. The molecule has 2 aromatic heterocycles. The average Bonchev–Trinajstić information content (AvgIpc) is 3.60. The summed E-state index contributed by atoms with van der Waals surface area (Å²) < 4.78 is 1.93. The number of fused-ring (bicyclic) bond motifs is 1. The first kappa shape index (κ1) is 25.3. The predicted molar refractivity (Wildman–Crippen MR) is 150 cm³/mol. The molecule has 1 aliphatic rings. The lowest BCUT2D eigenvalue weighted by Crippen LogP contribution is -2.27. The molecular weight excluding hydrogens is 526 g/mol. The number of rotatable bonds is 8. The zero-order valence-corrected chi connectivity index (χ0v) is 22.5. The van der Waals surface area contributed by atoms with Gasteiger partial charge in [-0.25, -0.2) is 0 Å². The van der Waals surface area contributed by atoms with Crippen molar-refractivity contribution in [1.29, 1.82) is 0 Å². The molecule has 1 fully saturated rings. The molecule has 0 aliphatic carbocycles. The van der Waals surface area contributed by atoms with Crippen LogP contribution in [-0.2, 0) is 35.6 Å². The Hall–Kier alpha value is -3.33. The van der Waals surface area contributed by atoms with E-state index >= 15 is 0 Å². The van der Waals surface area contributed by atoms with Crippen LogP contribution in [0.5, 0.6) is 0 Å². The van der Waals surface area contributed by atoms with Gasteiger partial charge in [0.1, 0.15) is 6.54 Å². The van der Waals surface area contributed by atoms with Gasteiger partial charge in [0.05, 0.1) is 23.5 Å². The second-order valence-electron chi connectivity index (χ2n) is 8.59. The van der Waals surface area contributed by atoms with Crippen LogP contribution in [0.4, 0.5) is 4.79 Å². The third kappa shape index (κ3) is 5.37. The summed E-state index contributed by atoms with van der Waals surface area (Å²) >= 11 is 8.77. The van der Waals surface area contributed by atoms with Gasteiger partial charge in [0.2, 0.25) is 5.91 Å². The summed E-state index contributed by atoms with van der Waals surface area (Å²) in [5, 5.41) is 6.08. The van der Waals surface area contributed by atoms with Crippen LogP contribution in [0.15, 0.2) is 71.1 Å². The van der Waals surface area contributed by atoms with E-state index in [0.717, 1.165) is 45.1 Å². The second-order valence-corrected chi connectivity index (χ2v) is 11.0. The van der Waals surface area contributed by atoms with E-state index in [4.69, 9.17) is 11.6 Å². The molecule has 37 heavy (non-hydrogen) atoms. The molecule has 0 radical (unpaired) electrons. The minimum atomic E-state index is -0.351. The Morgan fingerprint density at radius 3 is 2.62 bits per heavy atom. The highest BCUT2D eigenvalue weighted by molar-refractivity contribution is 8.18. The molecule has 5 rings (SSSR count). The van der Waals surface area contributed by atoms with Gasteiger partial charge in [0.15, 0.2) is 0 Å². The fraction of sp³-hybridized carbons (Fsp3) is 0.179. The molecule has 3 heterocycles. The van der Waals surface area contributed by atoms with Crippen LogP contribution >= 0.6 is 34.7 Å². The number of thiophene rings is 1. The number of para-hydroxylation sites is 1. The van der Waals surface area contributed by atoms with Crippen molar-refractivity contribution in [1.82, 2.24) is 14.8 Å². The lowest BCUT2D eigenvalue weighted by molar-refractivity contribution is -0.123. The van der Waals surface area contributed by atoms with E-state index < -0.39 is 0 Å². The van der Waals surface area contributed by atoms with Crippen molar-refractivity contribution in [3.05, 3.63) is 97.7 Å². The Morgan fingerprint density at radius 2 is 1.86 bits per heavy atom. The van der Waals surface area contributed by atoms with E-state index in [-0.39, 0.29) is 30.1 Å². The maximum absolute atomic E-state index is 13.2. The van der Waals surface area contributed by atoms with Gasteiger partial charge >= 0.3 is 0 Å². The lowest BCUT2D eigenvalue weighted by Gasteiger charge is -2.13. The van der Waals surface area contributed by atoms with Gasteiger partial charge in [-0.3, -0.25) is 19.3 Å². The fourth-order valence-electron chi connectivity index (χ4n) is 4.37. The highest BCUT2D eigenvalue weighted by Crippen LogP contribution is 2.36. The number of aromatic nitrogens is 1. The first-order valence-corrected chi connectivity index (χ1v) is 13.9. The summed E-state index contributed by atoms with van der Waals surface area (Å²) in [6.07, 6.45) is 4.43. The highest BCUT2D eigenvalue weighted by Gasteiger charge is 2.35. The van der Waals surface area contributed by atoms with Gasteiger partial charge in [-0.05, 0) is 52.9 Å². The number of imide groups is 1. The molecule has 4 aromatic rings. The molecule has 3 amide bonds. The number of nitrogens with one attached hydrogen (secondary N) is 1. The van der Waals surface area contributed by atoms with Gasteiger partial charge in [0, 0.05) is 27.0 Å². The van der Waals surface area contributed by atoms with Gasteiger partial charge < -0.3 is 9.88 Å². The lowest BCUT2D eigenvalue weighted by atomic mass is 10.1. The number of carbonyl (C=O) groups excluding carboxylic acids is 3. The number of thioether (sulfide) groups is 1. The summed E-state index contributed by atoms with van der Waals surface area (Å²) in [4.78, 5) is 41.3. The third-order valence-corrected chi connectivity index (χ3v) is 8.35. The predicted octanol–water partition coefficient (Wildman–Crippen LogP) is 6.47. The van der Waals surface area contributed by atoms with E-state index in [9.17, 15) is 14.4 Å². The van der Waals surface area contributed by atoms with Crippen molar-refractivity contribution < 1.29 is 14.4 Å². The van der Waals surface area contributed by atoms with E-state index in [0.29, 0.717) is 22.0 Å². The maximum atomic E-state index is 13.2. The molecule has 9 heteroatoms. The third-order valence-electron chi connectivity index (χ3n) is 6.19. The van der Waals surface area contributed by atoms with E-state index in [2.05, 4.69) is 12.2 Å². The Balaban J connectivity index is 1.43. The molecule has 0 saturated carbocycles. The monoisotopic (exact) mass is 549 g/mol. The SMILES string of the molecule is CCc1cccc2c(/C=C3\SC(=O)N(Cc4ccccc4Cl)C3=O)cn(CC(=O)NCc3cccs3)c12. The summed E-state index contributed by atoms with van der Waals surface area (Å²) in [7, 11) is 0. The molecule has 0 unspecified atom stereocenters. The van der Waals surface area contributed by atoms with Crippen LogP contribution in [0, 0.1) is 0 Å². The Bertz CT molecular complexity index is 1520. The summed E-state index contributed by atoms with van der Waals surface area (Å²) in [6, 6.07) is 17.1. The molecule has 1 N–H and O–H groups in total. The molecule has 188 valence electrons. The molecule has 6 nitrogen and oxygen atoms in total. The standard InChI is InChI=1S/C28H24ClN3O3S2/c1-2-18-8-5-10-22-20(15-31(26(18)22)17-25(33)30-14-21-9-6-12-36-21)13-24-27(34)32(28(35)37-24)16-19-7-3-4-11-23(19)29/h3-13,15H,2,14,16-17H2,1H3,(H,30,33)/b24-13-. The molecule has 1 aliphatic heterocycles. The Morgan fingerprint density at radius 1 is 1.05 bits per heavy atom. The molecule has 0 spiro atoms. The van der Waals surface area contributed by atoms with Gasteiger partial charge in [-0.2, -0.15) is 0 Å². The fourth-order valence-corrected chi connectivity index (χ4v) is 6.04. The number of aryl methyl sites for hydroxylation is 1. The first-order chi connectivity index (χ1) is 17.9. The number of nitrogens with zero attached hydrogens (tertiary/aromatic N) is 2. The van der Waals surface area contributed by atoms with Crippen LogP contribution in [-0.4, -0.2) is 26.5 Å². The number of benzene rings is 2. The molecule has 0 atom stereocenters. The van der Waals surface area contributed by atoms with Gasteiger partial charge in [0.25, 0.3) is 11.1 Å². The van der Waals surface area contributed by atoms with Crippen molar-refractivity contribution in [2.24, 2.45) is 0 Å². The number of halogens is 1. The summed E-state index contributed by atoms with van der Waals surface area (Å²) in [5.74, 6) is -0.445. The average molecular weight is 550 g/mol. The van der Waals surface area contributed by atoms with Crippen molar-refractivity contribution in [3.8, 4) is 0 Å². The van der Waals surface area contributed by atoms with Crippen LogP contribution in [0.25, 0.3) is 17.0 Å². The topological polar surface area (TPSA) is 71.4 Å². The van der Waals surface area contributed by atoms with E-state index in [1.165, 1.54) is 4.90 Å². The minimum Gasteiger partial charge on any atom is -0.350 e. The van der Waals surface area contributed by atoms with Crippen LogP contribution in [0.2, 0.25) is 5.02 Å². The smallest absolute Gasteiger partial charge is 0.293 e. The molecular formula is C28H24ClN3O3S2. The zero-order valence-electron chi connectivity index (χ0n) is 20.1. The van der Waals surface area contributed by atoms with Crippen molar-refractivity contribution in [2.45, 2.75) is 33.0 Å². The highest BCUT2D eigenvalue weighted by atomic mass is 35.5. The van der Waals surface area contributed by atoms with Gasteiger partial charge in [-0.15, -0.1) is 11.3 Å². The molecule has 2 aromatic carbocycles. The van der Waals surface area contributed by atoms with Crippen LogP contribution in [0.3, 0.4) is 0 Å². The molecule has 1 saturated heterocycles. The number of carbonyl (C=O) groups is 3. The molecule has 0 bridgehead atoms. The zero-order chi connectivity index (χ0) is 25.9. The quantitative estimate of drug-likeness (QED) is 0.256. The minimum absolute atomic E-state index is 0.0946. The Kier molecular flexibility index (Phi) is 7.50. The summed E-state index contributed by atoms with van der Waals surface area (Å²) in [6.45, 7) is 2.83. The number of amides is 3. The normalized spacial score (nSPS) is 14.8. The largest absolute Gasteiger partial charge is 0.350 e. The number of hydrogen-bond donors (Lipinski definition) is 1. The maximum Gasteiger partial charge on any atom is 0.293 e. The van der Waals surface area contributed by atoms with Crippen molar-refractivity contribution in [2.75, 3.05) is 0 Å². The Labute approximate surface area is 227 Å². The van der Waals surface area contributed by atoms with Crippen LogP contribution in [0.1, 0.15) is 28.5 Å². The van der Waals surface area contributed by atoms with E-state index in [1.54, 1.807) is 29.5 Å².